The van der Waals surface area contributed by atoms with Crippen molar-refractivity contribution in [1.82, 2.24) is 4.98 Å². The van der Waals surface area contributed by atoms with E-state index in [1.54, 1.807) is 0 Å². The predicted molar refractivity (Wildman–Crippen MR) is 51.4 cm³/mol. The third-order valence-corrected chi connectivity index (χ3v) is 1.44. The highest BCUT2D eigenvalue weighted by Crippen LogP contribution is 2.07. The normalized spacial score (nSPS) is 8.93. The van der Waals surface area contributed by atoms with Crippen LogP contribution in [0.1, 0.15) is 12.1 Å². The summed E-state index contributed by atoms with van der Waals surface area (Å²) in [5.74, 6) is 5.54. The molecule has 0 fully saturated rings. The van der Waals surface area contributed by atoms with Gasteiger partial charge in [0.2, 0.25) is 0 Å². The lowest BCUT2D eigenvalue weighted by Crippen LogP contribution is -1.95. The van der Waals surface area contributed by atoms with Gasteiger partial charge >= 0.3 is 0 Å². The van der Waals surface area contributed by atoms with Crippen molar-refractivity contribution in [2.75, 3.05) is 6.54 Å². The van der Waals surface area contributed by atoms with Crippen molar-refractivity contribution >= 4 is 5.69 Å². The van der Waals surface area contributed by atoms with Gasteiger partial charge in [0, 0.05) is 19.0 Å². The van der Waals surface area contributed by atoms with Gasteiger partial charge in [-0.3, -0.25) is 10.1 Å². The van der Waals surface area contributed by atoms with E-state index in [0.717, 1.165) is 0 Å². The highest BCUT2D eigenvalue weighted by molar-refractivity contribution is 5.34. The fourth-order valence-electron chi connectivity index (χ4n) is 0.793. The smallest absolute Gasteiger partial charge is 0.287 e. The Hall–Kier alpha value is -1.93. The van der Waals surface area contributed by atoms with Crippen LogP contribution in [-0.4, -0.2) is 16.5 Å². The Morgan fingerprint density at radius 1 is 1.57 bits per heavy atom. The monoisotopic (exact) mass is 191 g/mol. The zero-order valence-corrected chi connectivity index (χ0v) is 7.43. The molecule has 5 nitrogen and oxygen atoms in total. The number of pyridine rings is 1. The Morgan fingerprint density at radius 3 is 2.86 bits per heavy atom. The molecule has 2 N–H and O–H groups in total. The van der Waals surface area contributed by atoms with Gasteiger partial charge in [0.25, 0.3) is 5.69 Å². The van der Waals surface area contributed by atoms with Crippen molar-refractivity contribution in [1.29, 1.82) is 0 Å². The molecule has 0 bridgehead atoms. The number of hydrogen-bond acceptors (Lipinski definition) is 4. The van der Waals surface area contributed by atoms with Crippen LogP contribution in [0.4, 0.5) is 5.69 Å². The van der Waals surface area contributed by atoms with Gasteiger partial charge in [0.05, 0.1) is 4.92 Å². The van der Waals surface area contributed by atoms with Crippen molar-refractivity contribution in [3.05, 3.63) is 34.1 Å². The average molecular weight is 191 g/mol. The van der Waals surface area contributed by atoms with Crippen molar-refractivity contribution in [2.24, 2.45) is 5.73 Å². The summed E-state index contributed by atoms with van der Waals surface area (Å²) in [6, 6.07) is 2.89. The molecule has 1 heterocycles. The van der Waals surface area contributed by atoms with Crippen LogP contribution >= 0.6 is 0 Å². The molecule has 0 aromatic carbocycles. The molecule has 1 aromatic rings. The van der Waals surface area contributed by atoms with E-state index in [2.05, 4.69) is 16.8 Å². The van der Waals surface area contributed by atoms with Crippen molar-refractivity contribution in [3.8, 4) is 11.8 Å². The molecule has 0 amide bonds. The summed E-state index contributed by atoms with van der Waals surface area (Å²) in [4.78, 5) is 13.6. The van der Waals surface area contributed by atoms with Crippen LogP contribution in [0.15, 0.2) is 18.3 Å². The number of hydrogen-bond donors (Lipinski definition) is 1. The van der Waals surface area contributed by atoms with E-state index >= 15 is 0 Å². The molecule has 1 rings (SSSR count). The molecule has 0 aliphatic rings. The van der Waals surface area contributed by atoms with E-state index in [1.165, 1.54) is 18.3 Å². The second kappa shape index (κ2) is 4.94. The zero-order chi connectivity index (χ0) is 10.4. The highest BCUT2D eigenvalue weighted by atomic mass is 16.6. The van der Waals surface area contributed by atoms with Crippen LogP contribution < -0.4 is 5.73 Å². The predicted octanol–water partition coefficient (Wildman–Crippen LogP) is 0.690. The molecule has 0 aliphatic carbocycles. The number of rotatable bonds is 2. The largest absolute Gasteiger partial charge is 0.330 e. The minimum Gasteiger partial charge on any atom is -0.330 e. The molecular formula is C9H9N3O2. The van der Waals surface area contributed by atoms with Crippen molar-refractivity contribution in [2.45, 2.75) is 6.42 Å². The summed E-state index contributed by atoms with van der Waals surface area (Å²) in [6.45, 7) is 0.500. The van der Waals surface area contributed by atoms with Crippen LogP contribution in [0.3, 0.4) is 0 Å². The minimum atomic E-state index is -0.496. The first-order valence-corrected chi connectivity index (χ1v) is 4.03. The maximum Gasteiger partial charge on any atom is 0.287 e. The van der Waals surface area contributed by atoms with E-state index in [4.69, 9.17) is 5.73 Å². The van der Waals surface area contributed by atoms with Gasteiger partial charge in [-0.05, 0) is 12.0 Å². The first kappa shape index (κ1) is 10.2. The Kier molecular flexibility index (Phi) is 3.58. The van der Waals surface area contributed by atoms with Crippen LogP contribution in [0, 0.1) is 22.0 Å². The number of nitro groups is 1. The lowest BCUT2D eigenvalue weighted by Gasteiger charge is -1.90. The molecule has 1 aromatic heterocycles. The van der Waals surface area contributed by atoms with Gasteiger partial charge in [-0.1, -0.05) is 5.92 Å². The lowest BCUT2D eigenvalue weighted by molar-refractivity contribution is -0.385. The molecule has 14 heavy (non-hydrogen) atoms. The van der Waals surface area contributed by atoms with Crippen LogP contribution in [-0.2, 0) is 0 Å². The maximum atomic E-state index is 10.3. The molecule has 0 aliphatic heterocycles. The molecule has 0 atom stereocenters. The Morgan fingerprint density at radius 2 is 2.36 bits per heavy atom. The number of aromatic nitrogens is 1. The summed E-state index contributed by atoms with van der Waals surface area (Å²) in [5.41, 5.74) is 5.73. The minimum absolute atomic E-state index is 0.0330. The molecular weight excluding hydrogens is 182 g/mol. The summed E-state index contributed by atoms with van der Waals surface area (Å²) in [5, 5.41) is 10.3. The lowest BCUT2D eigenvalue weighted by atomic mass is 10.3. The van der Waals surface area contributed by atoms with E-state index in [0.29, 0.717) is 18.7 Å². The van der Waals surface area contributed by atoms with Gasteiger partial charge in [-0.25, -0.2) is 4.98 Å². The van der Waals surface area contributed by atoms with Gasteiger partial charge in [0.15, 0.2) is 0 Å². The van der Waals surface area contributed by atoms with E-state index in [9.17, 15) is 10.1 Å². The SMILES string of the molecule is NCCC#Cc1ccc([N+](=O)[O-])cn1. The number of nitrogens with two attached hydrogens (primary N) is 1. The standard InChI is InChI=1S/C9H9N3O2/c10-6-2-1-3-8-4-5-9(7-11-8)12(13)14/h4-5,7H,2,6,10H2. The van der Waals surface area contributed by atoms with Crippen molar-refractivity contribution in [3.63, 3.8) is 0 Å². The first-order chi connectivity index (χ1) is 6.74. The summed E-state index contributed by atoms with van der Waals surface area (Å²) in [7, 11) is 0. The Labute approximate surface area is 81.1 Å². The molecule has 0 spiro atoms. The number of nitrogens with zero attached hydrogens (tertiary/aromatic N) is 2. The molecule has 0 saturated heterocycles. The summed E-state index contributed by atoms with van der Waals surface area (Å²) < 4.78 is 0. The van der Waals surface area contributed by atoms with Gasteiger partial charge in [-0.15, -0.1) is 0 Å². The van der Waals surface area contributed by atoms with Gasteiger partial charge < -0.3 is 5.73 Å². The second-order valence-electron chi connectivity index (χ2n) is 2.50. The van der Waals surface area contributed by atoms with Crippen molar-refractivity contribution < 1.29 is 4.92 Å². The third-order valence-electron chi connectivity index (χ3n) is 1.44. The maximum absolute atomic E-state index is 10.3. The van der Waals surface area contributed by atoms with Gasteiger partial charge in [-0.2, -0.15) is 0 Å². The molecule has 0 radical (unpaired) electrons. The van der Waals surface area contributed by atoms with E-state index < -0.39 is 4.92 Å². The fourth-order valence-corrected chi connectivity index (χ4v) is 0.793. The Bertz CT molecular complexity index is 375. The fraction of sp³-hybridized carbons (Fsp3) is 0.222. The van der Waals surface area contributed by atoms with Gasteiger partial charge in [0.1, 0.15) is 11.9 Å². The summed E-state index contributed by atoms with van der Waals surface area (Å²) >= 11 is 0. The molecule has 0 saturated carbocycles. The summed E-state index contributed by atoms with van der Waals surface area (Å²) in [6.07, 6.45) is 1.78. The third kappa shape index (κ3) is 2.84. The molecule has 5 heteroatoms. The topological polar surface area (TPSA) is 82.0 Å². The molecule has 0 unspecified atom stereocenters. The van der Waals surface area contributed by atoms with E-state index in [-0.39, 0.29) is 5.69 Å². The Balaban J connectivity index is 2.75. The first-order valence-electron chi connectivity index (χ1n) is 4.03. The average Bonchev–Trinajstić information content (AvgIpc) is 2.19. The van der Waals surface area contributed by atoms with E-state index in [1.807, 2.05) is 0 Å². The highest BCUT2D eigenvalue weighted by Gasteiger charge is 2.03. The quantitative estimate of drug-likeness (QED) is 0.423. The van der Waals surface area contributed by atoms with Crippen LogP contribution in [0.25, 0.3) is 0 Å². The van der Waals surface area contributed by atoms with Crippen LogP contribution in [0.2, 0.25) is 0 Å². The zero-order valence-electron chi connectivity index (χ0n) is 7.43. The molecule has 72 valence electrons. The second-order valence-corrected chi connectivity index (χ2v) is 2.50. The van der Waals surface area contributed by atoms with Crippen LogP contribution in [0.5, 0.6) is 0 Å².